The first kappa shape index (κ1) is 9.05. The third-order valence-corrected chi connectivity index (χ3v) is 2.99. The number of hydrogen-bond donors (Lipinski definition) is 0. The third-order valence-electron chi connectivity index (χ3n) is 2.99. The van der Waals surface area contributed by atoms with Crippen LogP contribution >= 0.6 is 0 Å². The molecule has 1 rings (SSSR count). The third kappa shape index (κ3) is 2.48. The quantitative estimate of drug-likeness (QED) is 0.597. The molecule has 0 aromatic heterocycles. The van der Waals surface area contributed by atoms with Crippen LogP contribution in [-0.2, 0) is 4.74 Å². The van der Waals surface area contributed by atoms with Crippen LogP contribution in [0.15, 0.2) is 0 Å². The smallest absolute Gasteiger partial charge is 0.0547 e. The standard InChI is InChI=1S/C10H20O/c1-4-8(2)10-6-5-9(3)11-7-10/h8-10H,4-7H2,1-3H3. The summed E-state index contributed by atoms with van der Waals surface area (Å²) in [6.07, 6.45) is 4.43. The molecule has 0 radical (unpaired) electrons. The van der Waals surface area contributed by atoms with E-state index in [0.29, 0.717) is 6.10 Å². The Bertz CT molecular complexity index is 103. The van der Waals surface area contributed by atoms with Gasteiger partial charge in [0.15, 0.2) is 0 Å². The van der Waals surface area contributed by atoms with Crippen molar-refractivity contribution in [3.63, 3.8) is 0 Å². The zero-order valence-corrected chi connectivity index (χ0v) is 7.97. The van der Waals surface area contributed by atoms with Gasteiger partial charge in [0, 0.05) is 6.61 Å². The van der Waals surface area contributed by atoms with E-state index in [9.17, 15) is 0 Å². The lowest BCUT2D eigenvalue weighted by Gasteiger charge is -2.30. The number of ether oxygens (including phenoxy) is 1. The fraction of sp³-hybridized carbons (Fsp3) is 1.00. The first-order valence-electron chi connectivity index (χ1n) is 4.85. The van der Waals surface area contributed by atoms with Crippen LogP contribution in [0.25, 0.3) is 0 Å². The minimum absolute atomic E-state index is 0.510. The van der Waals surface area contributed by atoms with Gasteiger partial charge in [-0.2, -0.15) is 0 Å². The molecule has 1 nitrogen and oxygen atoms in total. The second kappa shape index (κ2) is 4.10. The van der Waals surface area contributed by atoms with E-state index in [4.69, 9.17) is 4.74 Å². The molecule has 0 aliphatic carbocycles. The highest BCUT2D eigenvalue weighted by Crippen LogP contribution is 2.26. The van der Waals surface area contributed by atoms with Crippen LogP contribution in [0, 0.1) is 11.8 Å². The lowest BCUT2D eigenvalue weighted by atomic mass is 9.86. The molecule has 1 fully saturated rings. The lowest BCUT2D eigenvalue weighted by Crippen LogP contribution is -2.27. The zero-order chi connectivity index (χ0) is 8.27. The number of rotatable bonds is 2. The van der Waals surface area contributed by atoms with Gasteiger partial charge in [-0.15, -0.1) is 0 Å². The molecular weight excluding hydrogens is 136 g/mol. The summed E-state index contributed by atoms with van der Waals surface area (Å²) >= 11 is 0. The van der Waals surface area contributed by atoms with Crippen LogP contribution in [0.3, 0.4) is 0 Å². The van der Waals surface area contributed by atoms with Gasteiger partial charge in [-0.25, -0.2) is 0 Å². The predicted molar refractivity (Wildman–Crippen MR) is 47.6 cm³/mol. The largest absolute Gasteiger partial charge is 0.378 e. The minimum atomic E-state index is 0.510. The van der Waals surface area contributed by atoms with Gasteiger partial charge in [0.1, 0.15) is 0 Å². The molecule has 1 heteroatoms. The molecule has 1 aliphatic heterocycles. The molecule has 3 unspecified atom stereocenters. The molecule has 11 heavy (non-hydrogen) atoms. The Balaban J connectivity index is 2.27. The van der Waals surface area contributed by atoms with Crippen molar-refractivity contribution in [3.05, 3.63) is 0 Å². The maximum absolute atomic E-state index is 5.61. The molecule has 1 heterocycles. The van der Waals surface area contributed by atoms with E-state index in [2.05, 4.69) is 20.8 Å². The molecule has 66 valence electrons. The Morgan fingerprint density at radius 3 is 2.64 bits per heavy atom. The first-order valence-corrected chi connectivity index (χ1v) is 4.85. The fourth-order valence-electron chi connectivity index (χ4n) is 1.69. The molecule has 0 spiro atoms. The summed E-state index contributed by atoms with van der Waals surface area (Å²) in [5.41, 5.74) is 0. The maximum Gasteiger partial charge on any atom is 0.0547 e. The van der Waals surface area contributed by atoms with Gasteiger partial charge < -0.3 is 4.74 Å². The zero-order valence-electron chi connectivity index (χ0n) is 7.97. The topological polar surface area (TPSA) is 9.23 Å². The molecule has 1 aliphatic rings. The summed E-state index contributed by atoms with van der Waals surface area (Å²) < 4.78 is 5.61. The monoisotopic (exact) mass is 156 g/mol. The van der Waals surface area contributed by atoms with E-state index in [1.54, 1.807) is 0 Å². The fourth-order valence-corrected chi connectivity index (χ4v) is 1.69. The van der Waals surface area contributed by atoms with Crippen molar-refractivity contribution >= 4 is 0 Å². The van der Waals surface area contributed by atoms with Gasteiger partial charge in [0.2, 0.25) is 0 Å². The molecule has 0 amide bonds. The van der Waals surface area contributed by atoms with E-state index in [1.807, 2.05) is 0 Å². The van der Waals surface area contributed by atoms with Crippen LogP contribution < -0.4 is 0 Å². The highest BCUT2D eigenvalue weighted by molar-refractivity contribution is 4.71. The summed E-state index contributed by atoms with van der Waals surface area (Å²) in [6, 6.07) is 0. The summed E-state index contributed by atoms with van der Waals surface area (Å²) in [5.74, 6) is 1.68. The van der Waals surface area contributed by atoms with E-state index in [1.165, 1.54) is 19.3 Å². The van der Waals surface area contributed by atoms with Crippen LogP contribution in [0.5, 0.6) is 0 Å². The van der Waals surface area contributed by atoms with Crippen molar-refractivity contribution < 1.29 is 4.74 Å². The Labute approximate surface area is 70.1 Å². The van der Waals surface area contributed by atoms with Crippen LogP contribution in [0.4, 0.5) is 0 Å². The van der Waals surface area contributed by atoms with Crippen molar-refractivity contribution in [2.45, 2.75) is 46.1 Å². The predicted octanol–water partition coefficient (Wildman–Crippen LogP) is 2.85. The highest BCUT2D eigenvalue weighted by Gasteiger charge is 2.22. The van der Waals surface area contributed by atoms with Crippen LogP contribution in [-0.4, -0.2) is 12.7 Å². The van der Waals surface area contributed by atoms with Gasteiger partial charge in [-0.3, -0.25) is 0 Å². The van der Waals surface area contributed by atoms with Gasteiger partial charge in [-0.1, -0.05) is 20.3 Å². The summed E-state index contributed by atoms with van der Waals surface area (Å²) in [7, 11) is 0. The Morgan fingerprint density at radius 1 is 1.45 bits per heavy atom. The molecule has 0 N–H and O–H groups in total. The van der Waals surface area contributed by atoms with Gasteiger partial charge in [0.05, 0.1) is 6.10 Å². The Hall–Kier alpha value is -0.0400. The molecular formula is C10H20O. The molecule has 0 aromatic carbocycles. The summed E-state index contributed by atoms with van der Waals surface area (Å²) in [4.78, 5) is 0. The van der Waals surface area contributed by atoms with Crippen molar-refractivity contribution in [3.8, 4) is 0 Å². The van der Waals surface area contributed by atoms with Gasteiger partial charge in [0.25, 0.3) is 0 Å². The minimum Gasteiger partial charge on any atom is -0.378 e. The number of hydrogen-bond acceptors (Lipinski definition) is 1. The average Bonchev–Trinajstić information content (AvgIpc) is 2.05. The van der Waals surface area contributed by atoms with Crippen LogP contribution in [0.2, 0.25) is 0 Å². The summed E-state index contributed by atoms with van der Waals surface area (Å²) in [5, 5.41) is 0. The molecule has 0 bridgehead atoms. The van der Waals surface area contributed by atoms with Gasteiger partial charge >= 0.3 is 0 Å². The van der Waals surface area contributed by atoms with E-state index < -0.39 is 0 Å². The maximum atomic E-state index is 5.61. The van der Waals surface area contributed by atoms with E-state index in [-0.39, 0.29) is 0 Å². The van der Waals surface area contributed by atoms with Gasteiger partial charge in [-0.05, 0) is 31.6 Å². The molecule has 3 atom stereocenters. The van der Waals surface area contributed by atoms with Crippen LogP contribution in [0.1, 0.15) is 40.0 Å². The van der Waals surface area contributed by atoms with Crippen molar-refractivity contribution in [1.29, 1.82) is 0 Å². The lowest BCUT2D eigenvalue weighted by molar-refractivity contribution is -0.0204. The molecule has 0 aromatic rings. The summed E-state index contributed by atoms with van der Waals surface area (Å²) in [6.45, 7) is 7.77. The van der Waals surface area contributed by atoms with E-state index >= 15 is 0 Å². The Morgan fingerprint density at radius 2 is 2.18 bits per heavy atom. The second-order valence-electron chi connectivity index (χ2n) is 3.87. The highest BCUT2D eigenvalue weighted by atomic mass is 16.5. The Kier molecular flexibility index (Phi) is 3.38. The average molecular weight is 156 g/mol. The van der Waals surface area contributed by atoms with Crippen molar-refractivity contribution in [2.75, 3.05) is 6.61 Å². The van der Waals surface area contributed by atoms with E-state index in [0.717, 1.165) is 18.4 Å². The SMILES string of the molecule is CCC(C)C1CCC(C)OC1. The molecule has 0 saturated carbocycles. The molecule has 1 saturated heterocycles. The first-order chi connectivity index (χ1) is 5.24. The normalized spacial score (nSPS) is 35.2. The van der Waals surface area contributed by atoms with Crippen molar-refractivity contribution in [1.82, 2.24) is 0 Å². The van der Waals surface area contributed by atoms with Crippen molar-refractivity contribution in [2.24, 2.45) is 11.8 Å². The second-order valence-corrected chi connectivity index (χ2v) is 3.87.